The molecule has 1 aliphatic rings. The van der Waals surface area contributed by atoms with Gasteiger partial charge in [0, 0.05) is 0 Å². The molecular weight excluding hydrogens is 648 g/mol. The van der Waals surface area contributed by atoms with E-state index in [2.05, 4.69) is 21.2 Å². The molecule has 0 aliphatic carbocycles. The predicted octanol–water partition coefficient (Wildman–Crippen LogP) is 7.74. The number of hydrogen-bond donors (Lipinski definition) is 1. The SMILES string of the molecule is COc1cc(/C=C2\C(=O)NC(=O)N(c3ccc(OCc4ccc(C)cc4)cc3)C2=O)cc(Br)c1OCc1cccc2ccccc12. The van der Waals surface area contributed by atoms with Crippen molar-refractivity contribution >= 4 is 56.3 Å². The highest BCUT2D eigenvalue weighted by molar-refractivity contribution is 9.10. The Kier molecular flexibility index (Phi) is 8.85. The molecule has 5 aromatic rings. The number of barbiturate groups is 1. The number of halogens is 1. The van der Waals surface area contributed by atoms with Crippen LogP contribution in [0.1, 0.15) is 22.3 Å². The minimum absolute atomic E-state index is 0.210. The normalized spacial score (nSPS) is 14.0. The number of nitrogens with zero attached hydrogens (tertiary/aromatic N) is 1. The number of carbonyl (C=O) groups is 3. The molecule has 1 fully saturated rings. The average Bonchev–Trinajstić information content (AvgIpc) is 3.06. The van der Waals surface area contributed by atoms with Crippen LogP contribution in [0.15, 0.2) is 113 Å². The maximum absolute atomic E-state index is 13.5. The second kappa shape index (κ2) is 13.3. The second-order valence-electron chi connectivity index (χ2n) is 10.7. The summed E-state index contributed by atoms with van der Waals surface area (Å²) in [5, 5.41) is 4.46. The van der Waals surface area contributed by atoms with E-state index in [0.29, 0.717) is 46.2 Å². The summed E-state index contributed by atoms with van der Waals surface area (Å²) in [7, 11) is 1.51. The first kappa shape index (κ1) is 30.6. The van der Waals surface area contributed by atoms with Crippen molar-refractivity contribution in [1.29, 1.82) is 0 Å². The van der Waals surface area contributed by atoms with Gasteiger partial charge in [0.25, 0.3) is 11.8 Å². The van der Waals surface area contributed by atoms with Crippen LogP contribution in [0.25, 0.3) is 16.8 Å². The number of amides is 4. The molecule has 230 valence electrons. The molecule has 0 bridgehead atoms. The van der Waals surface area contributed by atoms with Crippen LogP contribution < -0.4 is 24.4 Å². The summed E-state index contributed by atoms with van der Waals surface area (Å²) in [4.78, 5) is 40.1. The van der Waals surface area contributed by atoms with Gasteiger partial charge in [-0.2, -0.15) is 0 Å². The third-order valence-electron chi connectivity index (χ3n) is 7.54. The fourth-order valence-corrected chi connectivity index (χ4v) is 5.71. The Bertz CT molecular complexity index is 1980. The summed E-state index contributed by atoms with van der Waals surface area (Å²) in [6.45, 7) is 2.69. The van der Waals surface area contributed by atoms with Crippen LogP contribution in [0, 0.1) is 6.92 Å². The van der Waals surface area contributed by atoms with Crippen LogP contribution in [-0.4, -0.2) is 25.0 Å². The molecule has 0 saturated carbocycles. The van der Waals surface area contributed by atoms with E-state index in [1.165, 1.54) is 13.2 Å². The van der Waals surface area contributed by atoms with E-state index in [4.69, 9.17) is 14.2 Å². The zero-order chi connectivity index (χ0) is 32.2. The molecule has 1 heterocycles. The fourth-order valence-electron chi connectivity index (χ4n) is 5.13. The Labute approximate surface area is 274 Å². The Morgan fingerprint density at radius 2 is 1.57 bits per heavy atom. The third-order valence-corrected chi connectivity index (χ3v) is 8.13. The topological polar surface area (TPSA) is 94.2 Å². The second-order valence-corrected chi connectivity index (χ2v) is 11.5. The Balaban J connectivity index is 1.20. The number of urea groups is 1. The van der Waals surface area contributed by atoms with Crippen molar-refractivity contribution in [2.75, 3.05) is 12.0 Å². The van der Waals surface area contributed by atoms with E-state index in [-0.39, 0.29) is 5.57 Å². The van der Waals surface area contributed by atoms with Crippen LogP contribution in [0.3, 0.4) is 0 Å². The Morgan fingerprint density at radius 3 is 2.33 bits per heavy atom. The Morgan fingerprint density at radius 1 is 0.826 bits per heavy atom. The van der Waals surface area contributed by atoms with Crippen molar-refractivity contribution in [2.45, 2.75) is 20.1 Å². The highest BCUT2D eigenvalue weighted by Crippen LogP contribution is 2.38. The number of fused-ring (bicyclic) bond motifs is 1. The maximum atomic E-state index is 13.5. The average molecular weight is 678 g/mol. The summed E-state index contributed by atoms with van der Waals surface area (Å²) in [5.41, 5.74) is 3.76. The first-order valence-electron chi connectivity index (χ1n) is 14.5. The van der Waals surface area contributed by atoms with Crippen LogP contribution in [0.2, 0.25) is 0 Å². The highest BCUT2D eigenvalue weighted by atomic mass is 79.9. The fraction of sp³-hybridized carbons (Fsp3) is 0.108. The summed E-state index contributed by atoms with van der Waals surface area (Å²) >= 11 is 3.56. The molecule has 8 nitrogen and oxygen atoms in total. The molecule has 6 rings (SSSR count). The van der Waals surface area contributed by atoms with Crippen molar-refractivity contribution in [2.24, 2.45) is 0 Å². The summed E-state index contributed by atoms with van der Waals surface area (Å²) in [5.74, 6) is -0.109. The number of rotatable bonds is 9. The number of anilines is 1. The smallest absolute Gasteiger partial charge is 0.335 e. The minimum atomic E-state index is -0.837. The lowest BCUT2D eigenvalue weighted by Crippen LogP contribution is -2.54. The number of aryl methyl sites for hydroxylation is 1. The molecule has 1 N–H and O–H groups in total. The van der Waals surface area contributed by atoms with Gasteiger partial charge < -0.3 is 14.2 Å². The Hall–Kier alpha value is -5.41. The predicted molar refractivity (Wildman–Crippen MR) is 180 cm³/mol. The van der Waals surface area contributed by atoms with Crippen molar-refractivity contribution in [3.63, 3.8) is 0 Å². The van der Waals surface area contributed by atoms with Crippen molar-refractivity contribution in [3.05, 3.63) is 135 Å². The van der Waals surface area contributed by atoms with Gasteiger partial charge >= 0.3 is 6.03 Å². The molecule has 4 amide bonds. The number of methoxy groups -OCH3 is 1. The summed E-state index contributed by atoms with van der Waals surface area (Å²) < 4.78 is 18.2. The standard InChI is InChI=1S/C37H29BrN2O6/c1-23-10-12-24(13-11-23)21-45-29-16-14-28(15-17-29)40-36(42)31(35(41)39-37(40)43)18-25-19-32(38)34(33(20-25)44-2)46-22-27-8-5-7-26-6-3-4-9-30(26)27/h3-20H,21-22H2,1-2H3,(H,39,41,43)/b31-18+. The first-order chi connectivity index (χ1) is 22.3. The van der Waals surface area contributed by atoms with Gasteiger partial charge in [-0.05, 0) is 92.8 Å². The molecule has 1 aliphatic heterocycles. The largest absolute Gasteiger partial charge is 0.493 e. The van der Waals surface area contributed by atoms with E-state index in [9.17, 15) is 14.4 Å². The molecule has 0 unspecified atom stereocenters. The summed E-state index contributed by atoms with van der Waals surface area (Å²) in [6.07, 6.45) is 1.41. The molecule has 0 radical (unpaired) electrons. The van der Waals surface area contributed by atoms with Gasteiger partial charge in [-0.1, -0.05) is 72.3 Å². The van der Waals surface area contributed by atoms with E-state index < -0.39 is 17.8 Å². The molecule has 0 spiro atoms. The molecule has 46 heavy (non-hydrogen) atoms. The molecule has 0 atom stereocenters. The lowest BCUT2D eigenvalue weighted by molar-refractivity contribution is -0.122. The molecule has 0 aromatic heterocycles. The van der Waals surface area contributed by atoms with Crippen molar-refractivity contribution in [3.8, 4) is 17.2 Å². The number of benzene rings is 5. The van der Waals surface area contributed by atoms with Gasteiger partial charge in [-0.15, -0.1) is 0 Å². The molecular formula is C37H29BrN2O6. The number of ether oxygens (including phenoxy) is 3. The van der Waals surface area contributed by atoms with E-state index in [1.807, 2.05) is 73.7 Å². The lowest BCUT2D eigenvalue weighted by atomic mass is 10.1. The number of hydrogen-bond acceptors (Lipinski definition) is 6. The van der Waals surface area contributed by atoms with Crippen molar-refractivity contribution < 1.29 is 28.6 Å². The monoisotopic (exact) mass is 676 g/mol. The van der Waals surface area contributed by atoms with Crippen molar-refractivity contribution in [1.82, 2.24) is 5.32 Å². The summed E-state index contributed by atoms with van der Waals surface area (Å²) in [6, 6.07) is 31.2. The lowest BCUT2D eigenvalue weighted by Gasteiger charge is -2.26. The quantitative estimate of drug-likeness (QED) is 0.127. The molecule has 9 heteroatoms. The minimum Gasteiger partial charge on any atom is -0.493 e. The van der Waals surface area contributed by atoms with Gasteiger partial charge in [0.2, 0.25) is 0 Å². The van der Waals surface area contributed by atoms with Gasteiger partial charge in [-0.25, -0.2) is 9.69 Å². The van der Waals surface area contributed by atoms with Gasteiger partial charge in [0.1, 0.15) is 24.5 Å². The van der Waals surface area contributed by atoms with E-state index >= 15 is 0 Å². The number of carbonyl (C=O) groups excluding carboxylic acids is 3. The van der Waals surface area contributed by atoms with Crippen LogP contribution in [0.4, 0.5) is 10.5 Å². The van der Waals surface area contributed by atoms with E-state index in [0.717, 1.165) is 32.4 Å². The molecule has 5 aromatic carbocycles. The molecule has 1 saturated heterocycles. The zero-order valence-electron chi connectivity index (χ0n) is 25.1. The highest BCUT2D eigenvalue weighted by Gasteiger charge is 2.37. The zero-order valence-corrected chi connectivity index (χ0v) is 26.7. The van der Waals surface area contributed by atoms with Gasteiger partial charge in [-0.3, -0.25) is 14.9 Å². The van der Waals surface area contributed by atoms with Gasteiger partial charge in [0.05, 0.1) is 17.3 Å². The van der Waals surface area contributed by atoms with Crippen LogP contribution in [0.5, 0.6) is 17.2 Å². The van der Waals surface area contributed by atoms with Gasteiger partial charge in [0.15, 0.2) is 11.5 Å². The number of imide groups is 2. The maximum Gasteiger partial charge on any atom is 0.335 e. The van der Waals surface area contributed by atoms with E-state index in [1.54, 1.807) is 36.4 Å². The number of nitrogens with one attached hydrogen (secondary N) is 1. The first-order valence-corrected chi connectivity index (χ1v) is 15.3. The van der Waals surface area contributed by atoms with Crippen LogP contribution >= 0.6 is 15.9 Å². The van der Waals surface area contributed by atoms with Crippen LogP contribution in [-0.2, 0) is 22.8 Å². The third kappa shape index (κ3) is 6.50.